The van der Waals surface area contributed by atoms with Crippen LogP contribution in [0.3, 0.4) is 0 Å². The molecule has 2 aliphatic rings. The standard InChI is InChI=1S/C16H22Cl2O2Te/c1-19-13-6-8-15(9-7-13)21(17,18)11-14-10-12-4-2-3-5-16(12)20-14/h6-9,12,14,16H,2-5,10-11H2,1H3. The van der Waals surface area contributed by atoms with Gasteiger partial charge in [0.2, 0.25) is 0 Å². The maximum atomic E-state index is 6.77. The molecule has 2 fully saturated rings. The van der Waals surface area contributed by atoms with E-state index >= 15 is 0 Å². The van der Waals surface area contributed by atoms with Crippen LogP contribution in [0.1, 0.15) is 32.1 Å². The number of methoxy groups -OCH3 is 1. The maximum absolute atomic E-state index is 6.77. The van der Waals surface area contributed by atoms with E-state index in [1.54, 1.807) is 7.11 Å². The predicted octanol–water partition coefficient (Wildman–Crippen LogP) is 4.17. The van der Waals surface area contributed by atoms with Gasteiger partial charge in [-0.1, -0.05) is 0 Å². The van der Waals surface area contributed by atoms with Crippen molar-refractivity contribution in [3.05, 3.63) is 24.3 Å². The summed E-state index contributed by atoms with van der Waals surface area (Å²) >= 11 is -3.06. The summed E-state index contributed by atoms with van der Waals surface area (Å²) in [5.74, 6) is 1.58. The third kappa shape index (κ3) is 3.82. The van der Waals surface area contributed by atoms with Gasteiger partial charge in [-0.2, -0.15) is 0 Å². The molecule has 1 saturated carbocycles. The normalized spacial score (nSPS) is 30.0. The van der Waals surface area contributed by atoms with Crippen molar-refractivity contribution >= 4 is 37.5 Å². The van der Waals surface area contributed by atoms with Crippen LogP contribution in [0.5, 0.6) is 5.75 Å². The van der Waals surface area contributed by atoms with Crippen molar-refractivity contribution in [1.82, 2.24) is 0 Å². The van der Waals surface area contributed by atoms with Crippen LogP contribution in [0.4, 0.5) is 0 Å². The Morgan fingerprint density at radius 1 is 1.19 bits per heavy atom. The van der Waals surface area contributed by atoms with Crippen molar-refractivity contribution < 1.29 is 9.47 Å². The quantitative estimate of drug-likeness (QED) is 0.649. The van der Waals surface area contributed by atoms with E-state index in [0.29, 0.717) is 6.10 Å². The zero-order valence-corrected chi connectivity index (χ0v) is 16.1. The summed E-state index contributed by atoms with van der Waals surface area (Å²) in [4.78, 5) is 0. The molecule has 3 unspecified atom stereocenters. The number of rotatable bonds is 4. The van der Waals surface area contributed by atoms with Gasteiger partial charge in [0, 0.05) is 0 Å². The van der Waals surface area contributed by atoms with Gasteiger partial charge in [-0.15, -0.1) is 0 Å². The first kappa shape index (κ1) is 16.2. The van der Waals surface area contributed by atoms with E-state index in [1.807, 2.05) is 24.3 Å². The van der Waals surface area contributed by atoms with Crippen LogP contribution in [0.25, 0.3) is 0 Å². The van der Waals surface area contributed by atoms with Gasteiger partial charge in [-0.05, 0) is 0 Å². The number of ether oxygens (including phenoxy) is 2. The molecule has 1 aliphatic heterocycles. The van der Waals surface area contributed by atoms with E-state index in [4.69, 9.17) is 27.4 Å². The summed E-state index contributed by atoms with van der Waals surface area (Å²) in [7, 11) is 15.2. The van der Waals surface area contributed by atoms with E-state index in [-0.39, 0.29) is 6.10 Å². The second-order valence-electron chi connectivity index (χ2n) is 5.99. The average Bonchev–Trinajstić information content (AvgIpc) is 2.88. The zero-order chi connectivity index (χ0) is 14.9. The van der Waals surface area contributed by atoms with Crippen molar-refractivity contribution in [2.45, 2.75) is 48.8 Å². The Hall–Kier alpha value is 0.350. The third-order valence-corrected chi connectivity index (χ3v) is 13.7. The molecule has 0 N–H and O–H groups in total. The Kier molecular flexibility index (Phi) is 5.29. The molecule has 3 atom stereocenters. The minimum absolute atomic E-state index is 0.261. The molecule has 1 aliphatic carbocycles. The molecule has 0 radical (unpaired) electrons. The molecule has 21 heavy (non-hydrogen) atoms. The molecule has 0 bridgehead atoms. The van der Waals surface area contributed by atoms with Gasteiger partial charge in [-0.25, -0.2) is 0 Å². The molecule has 1 aromatic carbocycles. The van der Waals surface area contributed by atoms with E-state index < -0.39 is 15.9 Å². The molecule has 1 heterocycles. The molecule has 3 rings (SSSR count). The Balaban J connectivity index is 1.65. The van der Waals surface area contributed by atoms with E-state index in [0.717, 1.165) is 26.2 Å². The number of hydrogen-bond donors (Lipinski definition) is 0. The van der Waals surface area contributed by atoms with Crippen LogP contribution in [-0.4, -0.2) is 35.3 Å². The third-order valence-electron chi connectivity index (χ3n) is 4.57. The number of halogens is 2. The van der Waals surface area contributed by atoms with Gasteiger partial charge in [0.05, 0.1) is 0 Å². The summed E-state index contributed by atoms with van der Waals surface area (Å²) in [6, 6.07) is 7.91. The summed E-state index contributed by atoms with van der Waals surface area (Å²) in [5, 5.41) is 0. The van der Waals surface area contributed by atoms with Gasteiger partial charge in [0.1, 0.15) is 0 Å². The van der Waals surface area contributed by atoms with E-state index in [2.05, 4.69) is 0 Å². The summed E-state index contributed by atoms with van der Waals surface area (Å²) in [5.41, 5.74) is 0. The van der Waals surface area contributed by atoms with Crippen LogP contribution in [0, 0.1) is 5.92 Å². The summed E-state index contributed by atoms with van der Waals surface area (Å²) in [6.07, 6.45) is 7.06. The molecule has 0 amide bonds. The Morgan fingerprint density at radius 3 is 2.57 bits per heavy atom. The van der Waals surface area contributed by atoms with Gasteiger partial charge in [-0.3, -0.25) is 0 Å². The van der Waals surface area contributed by atoms with E-state index in [9.17, 15) is 0 Å². The molecule has 2 nitrogen and oxygen atoms in total. The predicted molar refractivity (Wildman–Crippen MR) is 90.1 cm³/mol. The van der Waals surface area contributed by atoms with Crippen molar-refractivity contribution in [3.8, 4) is 5.75 Å². The number of hydrogen-bond acceptors (Lipinski definition) is 2. The second kappa shape index (κ2) is 6.85. The number of benzene rings is 1. The second-order valence-corrected chi connectivity index (χ2v) is 19.7. The van der Waals surface area contributed by atoms with Crippen molar-refractivity contribution in [3.63, 3.8) is 0 Å². The molecule has 1 aromatic rings. The zero-order valence-electron chi connectivity index (χ0n) is 12.3. The van der Waals surface area contributed by atoms with Crippen molar-refractivity contribution in [2.75, 3.05) is 7.11 Å². The molecule has 0 aromatic heterocycles. The van der Waals surface area contributed by atoms with Gasteiger partial charge < -0.3 is 0 Å². The monoisotopic (exact) mass is 446 g/mol. The Bertz CT molecular complexity index is 464. The summed E-state index contributed by atoms with van der Waals surface area (Å²) < 4.78 is 13.3. The number of fused-ring (bicyclic) bond motifs is 1. The van der Waals surface area contributed by atoms with Crippen LogP contribution in [-0.2, 0) is 4.74 Å². The molecular weight excluding hydrogens is 423 g/mol. The van der Waals surface area contributed by atoms with Crippen LogP contribution in [0.2, 0.25) is 4.47 Å². The Labute approximate surface area is 138 Å². The Morgan fingerprint density at radius 2 is 1.90 bits per heavy atom. The molecule has 1 saturated heterocycles. The van der Waals surface area contributed by atoms with Crippen molar-refractivity contribution in [1.29, 1.82) is 0 Å². The molecule has 118 valence electrons. The van der Waals surface area contributed by atoms with E-state index in [1.165, 1.54) is 25.7 Å². The fourth-order valence-corrected chi connectivity index (χ4v) is 10.8. The molecule has 0 spiro atoms. The minimum atomic E-state index is -3.06. The SMILES string of the molecule is COc1ccc([Te](Cl)(Cl)CC2CC3CCCCC3O2)cc1. The van der Waals surface area contributed by atoms with Crippen molar-refractivity contribution in [2.24, 2.45) is 5.92 Å². The molecular formula is C16H22Cl2O2Te. The van der Waals surface area contributed by atoms with Crippen LogP contribution >= 0.6 is 17.9 Å². The van der Waals surface area contributed by atoms with Crippen LogP contribution in [0.15, 0.2) is 24.3 Å². The average molecular weight is 445 g/mol. The fraction of sp³-hybridized carbons (Fsp3) is 0.625. The first-order valence-electron chi connectivity index (χ1n) is 7.58. The van der Waals surface area contributed by atoms with Gasteiger partial charge >= 0.3 is 139 Å². The fourth-order valence-electron chi connectivity index (χ4n) is 3.47. The first-order valence-corrected chi connectivity index (χ1v) is 16.3. The van der Waals surface area contributed by atoms with Crippen LogP contribution < -0.4 is 8.35 Å². The first-order chi connectivity index (χ1) is 10.1. The summed E-state index contributed by atoms with van der Waals surface area (Å²) in [6.45, 7) is 0. The molecule has 5 heteroatoms. The van der Waals surface area contributed by atoms with Gasteiger partial charge in [0.25, 0.3) is 0 Å². The van der Waals surface area contributed by atoms with Gasteiger partial charge in [0.15, 0.2) is 0 Å². The topological polar surface area (TPSA) is 18.5 Å².